The van der Waals surface area contributed by atoms with Crippen LogP contribution in [0.5, 0.6) is 0 Å². The number of nitrogens with zero attached hydrogens (tertiary/aromatic N) is 3. The summed E-state index contributed by atoms with van der Waals surface area (Å²) in [5, 5.41) is 0. The van der Waals surface area contributed by atoms with Gasteiger partial charge in [-0.1, -0.05) is 6.92 Å². The summed E-state index contributed by atoms with van der Waals surface area (Å²) < 4.78 is 0. The molecule has 5 heteroatoms. The van der Waals surface area contributed by atoms with Crippen LogP contribution in [0.1, 0.15) is 13.3 Å². The zero-order valence-corrected chi connectivity index (χ0v) is 9.09. The highest BCUT2D eigenvalue weighted by Gasteiger charge is 2.36. The van der Waals surface area contributed by atoms with Gasteiger partial charge in [0.2, 0.25) is 0 Å². The molecular weight excluding hydrogens is 206 g/mol. The second-order valence-electron chi connectivity index (χ2n) is 3.64. The molecule has 2 heterocycles. The van der Waals surface area contributed by atoms with E-state index < -0.39 is 0 Å². The average molecular weight is 219 g/mol. The molecule has 1 aromatic rings. The zero-order valence-electron chi connectivity index (χ0n) is 9.09. The number of rotatable bonds is 3. The molecule has 84 valence electrons. The number of carbonyl (C=O) groups is 2. The third-order valence-corrected chi connectivity index (χ3v) is 2.45. The van der Waals surface area contributed by atoms with E-state index in [4.69, 9.17) is 0 Å². The monoisotopic (exact) mass is 219 g/mol. The van der Waals surface area contributed by atoms with Crippen molar-refractivity contribution in [2.24, 2.45) is 0 Å². The van der Waals surface area contributed by atoms with Crippen LogP contribution in [-0.4, -0.2) is 34.9 Å². The first kappa shape index (κ1) is 10.6. The van der Waals surface area contributed by atoms with Gasteiger partial charge in [0.05, 0.1) is 5.69 Å². The van der Waals surface area contributed by atoms with Crippen molar-refractivity contribution in [1.29, 1.82) is 0 Å². The van der Waals surface area contributed by atoms with Gasteiger partial charge in [0.1, 0.15) is 6.54 Å². The lowest BCUT2D eigenvalue weighted by Gasteiger charge is -2.15. The number of hydrogen-bond donors (Lipinski definition) is 0. The quantitative estimate of drug-likeness (QED) is 0.719. The van der Waals surface area contributed by atoms with Crippen molar-refractivity contribution in [2.45, 2.75) is 13.3 Å². The Morgan fingerprint density at radius 3 is 2.62 bits per heavy atom. The van der Waals surface area contributed by atoms with Crippen LogP contribution in [0.15, 0.2) is 24.5 Å². The van der Waals surface area contributed by atoms with Gasteiger partial charge in [-0.2, -0.15) is 0 Å². The topological polar surface area (TPSA) is 53.5 Å². The molecule has 16 heavy (non-hydrogen) atoms. The second-order valence-corrected chi connectivity index (χ2v) is 3.64. The molecule has 1 saturated heterocycles. The number of hydrogen-bond acceptors (Lipinski definition) is 3. The van der Waals surface area contributed by atoms with E-state index in [2.05, 4.69) is 4.98 Å². The highest BCUT2D eigenvalue weighted by molar-refractivity contribution is 6.19. The van der Waals surface area contributed by atoms with Gasteiger partial charge in [-0.05, 0) is 18.6 Å². The molecule has 0 saturated carbocycles. The Bertz CT molecular complexity index is 405. The van der Waals surface area contributed by atoms with Crippen molar-refractivity contribution in [2.75, 3.05) is 18.0 Å². The fraction of sp³-hybridized carbons (Fsp3) is 0.364. The molecule has 0 unspecified atom stereocenters. The Labute approximate surface area is 93.7 Å². The molecule has 1 aliphatic rings. The van der Waals surface area contributed by atoms with Crippen molar-refractivity contribution in [3.8, 4) is 0 Å². The summed E-state index contributed by atoms with van der Waals surface area (Å²) in [6, 6.07) is 3.08. The molecule has 1 aliphatic heterocycles. The molecule has 1 fully saturated rings. The maximum absolute atomic E-state index is 11.9. The van der Waals surface area contributed by atoms with Crippen LogP contribution in [-0.2, 0) is 4.79 Å². The molecule has 1 aromatic heterocycles. The van der Waals surface area contributed by atoms with Gasteiger partial charge in [0.15, 0.2) is 0 Å². The Morgan fingerprint density at radius 2 is 2.00 bits per heavy atom. The van der Waals surface area contributed by atoms with Gasteiger partial charge in [-0.25, -0.2) is 9.69 Å². The average Bonchev–Trinajstić information content (AvgIpc) is 2.56. The van der Waals surface area contributed by atoms with Gasteiger partial charge in [0.25, 0.3) is 5.91 Å². The molecule has 0 N–H and O–H groups in total. The van der Waals surface area contributed by atoms with Crippen LogP contribution < -0.4 is 4.90 Å². The van der Waals surface area contributed by atoms with Crippen LogP contribution in [0.3, 0.4) is 0 Å². The van der Waals surface area contributed by atoms with Crippen LogP contribution in [0.2, 0.25) is 0 Å². The molecule has 3 amide bonds. The summed E-state index contributed by atoms with van der Waals surface area (Å²) in [4.78, 5) is 30.3. The molecule has 0 atom stereocenters. The number of anilines is 1. The molecule has 0 aromatic carbocycles. The number of pyridine rings is 1. The predicted octanol–water partition coefficient (Wildman–Crippen LogP) is 1.26. The predicted molar refractivity (Wildman–Crippen MR) is 59.0 cm³/mol. The van der Waals surface area contributed by atoms with Gasteiger partial charge in [0, 0.05) is 18.9 Å². The Morgan fingerprint density at radius 1 is 1.31 bits per heavy atom. The largest absolute Gasteiger partial charge is 0.331 e. The zero-order chi connectivity index (χ0) is 11.5. The summed E-state index contributed by atoms with van der Waals surface area (Å²) >= 11 is 0. The molecule has 0 aliphatic carbocycles. The Balaban J connectivity index is 2.23. The van der Waals surface area contributed by atoms with Gasteiger partial charge in [-0.15, -0.1) is 0 Å². The van der Waals surface area contributed by atoms with Crippen molar-refractivity contribution in [3.63, 3.8) is 0 Å². The molecule has 0 bridgehead atoms. The fourth-order valence-electron chi connectivity index (χ4n) is 1.74. The van der Waals surface area contributed by atoms with Crippen LogP contribution in [0.4, 0.5) is 10.5 Å². The number of imide groups is 1. The van der Waals surface area contributed by atoms with E-state index in [0.29, 0.717) is 12.2 Å². The van der Waals surface area contributed by atoms with Gasteiger partial charge < -0.3 is 4.90 Å². The van der Waals surface area contributed by atoms with E-state index in [1.807, 2.05) is 6.92 Å². The van der Waals surface area contributed by atoms with Crippen molar-refractivity contribution in [1.82, 2.24) is 9.88 Å². The Hall–Kier alpha value is -1.91. The lowest BCUT2D eigenvalue weighted by molar-refractivity contribution is -0.116. The van der Waals surface area contributed by atoms with Crippen LogP contribution in [0, 0.1) is 0 Å². The minimum atomic E-state index is -0.238. The number of amides is 3. The number of aromatic nitrogens is 1. The van der Waals surface area contributed by atoms with Gasteiger partial charge >= 0.3 is 6.03 Å². The van der Waals surface area contributed by atoms with E-state index in [0.717, 1.165) is 6.42 Å². The molecule has 2 rings (SSSR count). The molecule has 5 nitrogen and oxygen atoms in total. The van der Waals surface area contributed by atoms with E-state index in [9.17, 15) is 9.59 Å². The smallest absolute Gasteiger partial charge is 0.315 e. The maximum Gasteiger partial charge on any atom is 0.331 e. The minimum Gasteiger partial charge on any atom is -0.315 e. The van der Waals surface area contributed by atoms with Gasteiger partial charge in [-0.3, -0.25) is 9.78 Å². The minimum absolute atomic E-state index is 0.176. The number of carbonyl (C=O) groups excluding carboxylic acids is 2. The third-order valence-electron chi connectivity index (χ3n) is 2.45. The first-order valence-corrected chi connectivity index (χ1v) is 5.26. The maximum atomic E-state index is 11.9. The summed E-state index contributed by atoms with van der Waals surface area (Å²) in [7, 11) is 0. The summed E-state index contributed by atoms with van der Waals surface area (Å²) in [6.07, 6.45) is 3.99. The number of urea groups is 1. The van der Waals surface area contributed by atoms with Crippen molar-refractivity contribution < 1.29 is 9.59 Å². The van der Waals surface area contributed by atoms with Crippen molar-refractivity contribution >= 4 is 17.6 Å². The highest BCUT2D eigenvalue weighted by atomic mass is 16.2. The van der Waals surface area contributed by atoms with Crippen LogP contribution >= 0.6 is 0 Å². The summed E-state index contributed by atoms with van der Waals surface area (Å²) in [5.74, 6) is -0.176. The van der Waals surface area contributed by atoms with E-state index >= 15 is 0 Å². The Kier molecular flexibility index (Phi) is 2.85. The summed E-state index contributed by atoms with van der Waals surface area (Å²) in [6.45, 7) is 2.77. The van der Waals surface area contributed by atoms with E-state index in [1.54, 1.807) is 29.4 Å². The third kappa shape index (κ3) is 1.76. The highest BCUT2D eigenvalue weighted by Crippen LogP contribution is 2.20. The standard InChI is InChI=1S/C11H13N3O2/c1-2-7-13-8-10(15)14(11(13)16)9-3-5-12-6-4-9/h3-6H,2,7-8H2,1H3. The van der Waals surface area contributed by atoms with Crippen LogP contribution in [0.25, 0.3) is 0 Å². The first-order chi connectivity index (χ1) is 7.74. The first-order valence-electron chi connectivity index (χ1n) is 5.26. The second kappa shape index (κ2) is 4.30. The van der Waals surface area contributed by atoms with E-state index in [-0.39, 0.29) is 18.5 Å². The van der Waals surface area contributed by atoms with Crippen molar-refractivity contribution in [3.05, 3.63) is 24.5 Å². The SMILES string of the molecule is CCCN1CC(=O)N(c2ccncc2)C1=O. The normalized spacial score (nSPS) is 16.1. The fourth-order valence-corrected chi connectivity index (χ4v) is 1.74. The molecular formula is C11H13N3O2. The summed E-state index contributed by atoms with van der Waals surface area (Å²) in [5.41, 5.74) is 0.587. The lowest BCUT2D eigenvalue weighted by Crippen LogP contribution is -2.33. The lowest BCUT2D eigenvalue weighted by atomic mass is 10.3. The van der Waals surface area contributed by atoms with E-state index in [1.165, 1.54) is 4.90 Å². The molecule has 0 spiro atoms. The molecule has 0 radical (unpaired) electrons.